The maximum atomic E-state index is 12.9. The van der Waals surface area contributed by atoms with Gasteiger partial charge in [0.1, 0.15) is 0 Å². The van der Waals surface area contributed by atoms with Crippen LogP contribution in [0.2, 0.25) is 0 Å². The van der Waals surface area contributed by atoms with Crippen molar-refractivity contribution in [3.05, 3.63) is 22.4 Å². The number of likely N-dealkylation sites (tertiary alicyclic amines) is 1. The highest BCUT2D eigenvalue weighted by Gasteiger charge is 2.31. The average molecular weight is 308 g/mol. The van der Waals surface area contributed by atoms with Crippen molar-refractivity contribution in [2.24, 2.45) is 5.92 Å². The molecular weight excluding hydrogens is 284 g/mol. The van der Waals surface area contributed by atoms with Gasteiger partial charge in [0.2, 0.25) is 0 Å². The molecule has 3 heterocycles. The Bertz CT molecular complexity index is 449. The largest absolute Gasteiger partial charge is 0.381 e. The van der Waals surface area contributed by atoms with Crippen LogP contribution in [0, 0.1) is 5.92 Å². The van der Waals surface area contributed by atoms with E-state index in [1.165, 1.54) is 0 Å². The zero-order valence-corrected chi connectivity index (χ0v) is 13.5. The van der Waals surface area contributed by atoms with Crippen molar-refractivity contribution >= 4 is 17.2 Å². The van der Waals surface area contributed by atoms with Crippen LogP contribution in [0.1, 0.15) is 28.9 Å². The third-order valence-electron chi connectivity index (χ3n) is 4.60. The smallest absolute Gasteiger partial charge is 0.264 e. The van der Waals surface area contributed by atoms with Crippen LogP contribution < -0.4 is 0 Å². The Kier molecular flexibility index (Phi) is 4.93. The molecule has 116 valence electrons. The summed E-state index contributed by atoms with van der Waals surface area (Å²) in [6.45, 7) is 4.67. The summed E-state index contributed by atoms with van der Waals surface area (Å²) >= 11 is 1.55. The predicted octanol–water partition coefficient (Wildman–Crippen LogP) is 2.32. The summed E-state index contributed by atoms with van der Waals surface area (Å²) in [5, 5.41) is 1.98. The van der Waals surface area contributed by atoms with E-state index in [0.717, 1.165) is 57.0 Å². The molecule has 2 aliphatic rings. The number of carbonyl (C=O) groups excluding carboxylic acids is 1. The molecule has 1 aromatic rings. The van der Waals surface area contributed by atoms with Crippen LogP contribution in [0.3, 0.4) is 0 Å². The third kappa shape index (κ3) is 3.65. The van der Waals surface area contributed by atoms with Gasteiger partial charge in [-0.3, -0.25) is 4.79 Å². The van der Waals surface area contributed by atoms with E-state index >= 15 is 0 Å². The summed E-state index contributed by atoms with van der Waals surface area (Å²) in [6, 6.07) is 4.29. The summed E-state index contributed by atoms with van der Waals surface area (Å²) < 4.78 is 5.49. The van der Waals surface area contributed by atoms with Crippen LogP contribution in [-0.2, 0) is 4.74 Å². The lowest BCUT2D eigenvalue weighted by Gasteiger charge is -2.38. The fraction of sp³-hybridized carbons (Fsp3) is 0.688. The number of carbonyl (C=O) groups is 1. The van der Waals surface area contributed by atoms with Crippen LogP contribution >= 0.6 is 11.3 Å². The average Bonchev–Trinajstić information content (AvgIpc) is 3.18. The number of thiophene rings is 1. The van der Waals surface area contributed by atoms with Gasteiger partial charge >= 0.3 is 0 Å². The van der Waals surface area contributed by atoms with Gasteiger partial charge in [-0.2, -0.15) is 0 Å². The van der Waals surface area contributed by atoms with Gasteiger partial charge in [-0.25, -0.2) is 0 Å². The Morgan fingerprint density at radius 3 is 2.86 bits per heavy atom. The van der Waals surface area contributed by atoms with Crippen molar-refractivity contribution in [1.82, 2.24) is 9.80 Å². The molecule has 1 unspecified atom stereocenters. The van der Waals surface area contributed by atoms with Gasteiger partial charge in [-0.15, -0.1) is 11.3 Å². The van der Waals surface area contributed by atoms with E-state index in [4.69, 9.17) is 4.74 Å². The Balaban J connectivity index is 1.71. The molecule has 4 nitrogen and oxygen atoms in total. The molecule has 0 spiro atoms. The van der Waals surface area contributed by atoms with E-state index in [1.807, 2.05) is 17.5 Å². The quantitative estimate of drug-likeness (QED) is 0.856. The maximum Gasteiger partial charge on any atom is 0.264 e. The summed E-state index contributed by atoms with van der Waals surface area (Å²) in [5.41, 5.74) is 0. The van der Waals surface area contributed by atoms with Gasteiger partial charge in [0, 0.05) is 25.1 Å². The molecular formula is C16H24N2O2S. The molecule has 21 heavy (non-hydrogen) atoms. The molecule has 2 fully saturated rings. The highest BCUT2D eigenvalue weighted by Crippen LogP contribution is 2.24. The first-order valence-corrected chi connectivity index (χ1v) is 8.73. The Hall–Kier alpha value is -0.910. The monoisotopic (exact) mass is 308 g/mol. The minimum absolute atomic E-state index is 0.214. The van der Waals surface area contributed by atoms with E-state index in [0.29, 0.717) is 12.0 Å². The molecule has 0 aromatic carbocycles. The van der Waals surface area contributed by atoms with Gasteiger partial charge in [0.15, 0.2) is 0 Å². The first-order chi connectivity index (χ1) is 10.2. The molecule has 3 rings (SSSR count). The van der Waals surface area contributed by atoms with Gasteiger partial charge in [0.05, 0.1) is 11.5 Å². The van der Waals surface area contributed by atoms with Gasteiger partial charge < -0.3 is 14.5 Å². The number of rotatable bonds is 4. The summed E-state index contributed by atoms with van der Waals surface area (Å²) in [5.74, 6) is 0.722. The van der Waals surface area contributed by atoms with Crippen LogP contribution in [0.4, 0.5) is 0 Å². The Morgan fingerprint density at radius 1 is 1.43 bits per heavy atom. The Labute approximate surface area is 130 Å². The van der Waals surface area contributed by atoms with Crippen molar-refractivity contribution in [2.45, 2.75) is 25.3 Å². The molecule has 2 saturated heterocycles. The van der Waals surface area contributed by atoms with E-state index in [9.17, 15) is 4.79 Å². The van der Waals surface area contributed by atoms with Crippen LogP contribution in [0.5, 0.6) is 0 Å². The zero-order chi connectivity index (χ0) is 14.7. The number of hydrogen-bond donors (Lipinski definition) is 0. The standard InChI is InChI=1S/C16H24N2O2S/c1-17-7-4-14(5-8-17)18(11-13-6-9-20-12-13)16(19)15-3-2-10-21-15/h2-3,10,13-14H,4-9,11-12H2,1H3. The van der Waals surface area contributed by atoms with Crippen LogP contribution in [0.25, 0.3) is 0 Å². The second kappa shape index (κ2) is 6.90. The topological polar surface area (TPSA) is 32.8 Å². The fourth-order valence-corrected chi connectivity index (χ4v) is 3.93. The number of amides is 1. The second-order valence-electron chi connectivity index (χ2n) is 6.20. The highest BCUT2D eigenvalue weighted by molar-refractivity contribution is 7.12. The number of hydrogen-bond acceptors (Lipinski definition) is 4. The Morgan fingerprint density at radius 2 is 2.24 bits per heavy atom. The van der Waals surface area contributed by atoms with Crippen molar-refractivity contribution < 1.29 is 9.53 Å². The summed E-state index contributed by atoms with van der Waals surface area (Å²) in [7, 11) is 2.16. The number of ether oxygens (including phenoxy) is 1. The van der Waals surface area contributed by atoms with Crippen molar-refractivity contribution in [3.8, 4) is 0 Å². The first-order valence-electron chi connectivity index (χ1n) is 7.85. The molecule has 1 atom stereocenters. The first kappa shape index (κ1) is 15.0. The third-order valence-corrected chi connectivity index (χ3v) is 5.46. The van der Waals surface area contributed by atoms with E-state index in [2.05, 4.69) is 16.8 Å². The molecule has 0 bridgehead atoms. The SMILES string of the molecule is CN1CCC(N(CC2CCOC2)C(=O)c2cccs2)CC1. The van der Waals surface area contributed by atoms with Crippen LogP contribution in [-0.4, -0.2) is 61.6 Å². The molecule has 0 radical (unpaired) electrons. The summed E-state index contributed by atoms with van der Waals surface area (Å²) in [4.78, 5) is 18.2. The van der Waals surface area contributed by atoms with Crippen LogP contribution in [0.15, 0.2) is 17.5 Å². The fourth-order valence-electron chi connectivity index (χ4n) is 3.25. The maximum absolute atomic E-state index is 12.9. The van der Waals surface area contributed by atoms with Crippen molar-refractivity contribution in [2.75, 3.05) is 39.9 Å². The zero-order valence-electron chi connectivity index (χ0n) is 12.7. The van der Waals surface area contributed by atoms with Gasteiger partial charge in [0.25, 0.3) is 5.91 Å². The van der Waals surface area contributed by atoms with Crippen molar-refractivity contribution in [1.29, 1.82) is 0 Å². The predicted molar refractivity (Wildman–Crippen MR) is 84.8 cm³/mol. The molecule has 0 aliphatic carbocycles. The van der Waals surface area contributed by atoms with Crippen molar-refractivity contribution in [3.63, 3.8) is 0 Å². The number of nitrogens with zero attached hydrogens (tertiary/aromatic N) is 2. The molecule has 0 N–H and O–H groups in total. The van der Waals surface area contributed by atoms with E-state index in [-0.39, 0.29) is 5.91 Å². The lowest BCUT2D eigenvalue weighted by atomic mass is 10.0. The second-order valence-corrected chi connectivity index (χ2v) is 7.15. The summed E-state index contributed by atoms with van der Waals surface area (Å²) in [6.07, 6.45) is 3.25. The van der Waals surface area contributed by atoms with Gasteiger partial charge in [-0.05, 0) is 50.8 Å². The number of piperidine rings is 1. The minimum atomic E-state index is 0.214. The lowest BCUT2D eigenvalue weighted by Crippen LogP contribution is -2.48. The van der Waals surface area contributed by atoms with Gasteiger partial charge in [-0.1, -0.05) is 6.07 Å². The molecule has 1 aromatic heterocycles. The molecule has 5 heteroatoms. The van der Waals surface area contributed by atoms with E-state index < -0.39 is 0 Å². The normalized spacial score (nSPS) is 24.3. The molecule has 2 aliphatic heterocycles. The highest BCUT2D eigenvalue weighted by atomic mass is 32.1. The lowest BCUT2D eigenvalue weighted by molar-refractivity contribution is 0.0541. The minimum Gasteiger partial charge on any atom is -0.381 e. The van der Waals surface area contributed by atoms with E-state index in [1.54, 1.807) is 11.3 Å². The molecule has 1 amide bonds. The molecule has 0 saturated carbocycles.